The number of nitrogens with zero attached hydrogens (tertiary/aromatic N) is 1. The number of carbonyl (C=O) groups excluding carboxylic acids is 5. The van der Waals surface area contributed by atoms with E-state index in [1.54, 1.807) is 6.20 Å². The number of nitrogens with one attached hydrogen (secondary N) is 5. The second-order valence-corrected chi connectivity index (χ2v) is 11.3. The number of aromatic nitrogens is 1. The lowest BCUT2D eigenvalue weighted by molar-refractivity contribution is -0.143. The standard InChI is InChI=1S/C29H38N6O7/c1-16(2)12-22(29(41)42)34-27(39)21(13-17-14-30-19-7-4-3-6-18(17)19)33-28(40)23-8-5-11-35(23)25(37)15-31-26(38)20-9-10-24(36)32-20/h3-4,6-7,14,16,20-23,30H,5,8-13,15H2,1-2H3,(H,31,38)(H,32,36)(H,33,40)(H,34,39)(H,41,42)/t20-,21-,22-,23-/m0/s1. The van der Waals surface area contributed by atoms with Gasteiger partial charge in [-0.25, -0.2) is 4.79 Å². The number of aliphatic carboxylic acids is 1. The summed E-state index contributed by atoms with van der Waals surface area (Å²) < 4.78 is 0. The van der Waals surface area contributed by atoms with Gasteiger partial charge in [-0.2, -0.15) is 0 Å². The van der Waals surface area contributed by atoms with Crippen LogP contribution in [0.2, 0.25) is 0 Å². The van der Waals surface area contributed by atoms with E-state index in [1.807, 2.05) is 38.1 Å². The summed E-state index contributed by atoms with van der Waals surface area (Å²) in [5.41, 5.74) is 1.62. The lowest BCUT2D eigenvalue weighted by Gasteiger charge is -2.27. The van der Waals surface area contributed by atoms with E-state index in [1.165, 1.54) is 4.90 Å². The van der Waals surface area contributed by atoms with Gasteiger partial charge in [-0.15, -0.1) is 0 Å². The number of aromatic amines is 1. The molecule has 42 heavy (non-hydrogen) atoms. The Balaban J connectivity index is 1.46. The molecule has 0 unspecified atom stereocenters. The van der Waals surface area contributed by atoms with E-state index >= 15 is 0 Å². The van der Waals surface area contributed by atoms with Crippen LogP contribution >= 0.6 is 0 Å². The largest absolute Gasteiger partial charge is 0.480 e. The molecule has 1 aromatic carbocycles. The number of carboxylic acid groups (broad SMARTS) is 1. The lowest BCUT2D eigenvalue weighted by atomic mass is 10.0. The van der Waals surface area contributed by atoms with Crippen molar-refractivity contribution in [1.82, 2.24) is 31.2 Å². The van der Waals surface area contributed by atoms with Crippen LogP contribution in [0.15, 0.2) is 30.5 Å². The molecule has 0 aliphatic carbocycles. The zero-order valence-electron chi connectivity index (χ0n) is 23.8. The number of H-pyrrole nitrogens is 1. The average molecular weight is 583 g/mol. The number of likely N-dealkylation sites (tertiary alicyclic amines) is 1. The van der Waals surface area contributed by atoms with Gasteiger partial charge in [0.2, 0.25) is 29.5 Å². The molecule has 0 radical (unpaired) electrons. The van der Waals surface area contributed by atoms with Crippen molar-refractivity contribution in [2.24, 2.45) is 5.92 Å². The van der Waals surface area contributed by atoms with E-state index in [-0.39, 0.29) is 37.6 Å². The van der Waals surface area contributed by atoms with Crippen LogP contribution in [-0.2, 0) is 35.2 Å². The highest BCUT2D eigenvalue weighted by atomic mass is 16.4. The van der Waals surface area contributed by atoms with E-state index in [2.05, 4.69) is 26.3 Å². The molecule has 13 nitrogen and oxygen atoms in total. The van der Waals surface area contributed by atoms with Crippen LogP contribution in [0.4, 0.5) is 0 Å². The van der Waals surface area contributed by atoms with Crippen LogP contribution in [-0.4, -0.2) is 87.8 Å². The SMILES string of the molecule is CC(C)C[C@H](NC(=O)[C@H](Cc1c[nH]c2ccccc12)NC(=O)[C@@H]1CCCN1C(=O)CNC(=O)[C@@H]1CCC(=O)N1)C(=O)O. The van der Waals surface area contributed by atoms with E-state index < -0.39 is 53.8 Å². The second kappa shape index (κ2) is 13.5. The molecule has 13 heteroatoms. The third-order valence-electron chi connectivity index (χ3n) is 7.66. The van der Waals surface area contributed by atoms with E-state index in [0.717, 1.165) is 16.5 Å². The molecular formula is C29H38N6O7. The van der Waals surface area contributed by atoms with Gasteiger partial charge in [0, 0.05) is 36.5 Å². The molecular weight excluding hydrogens is 544 g/mol. The topological polar surface area (TPSA) is 190 Å². The van der Waals surface area contributed by atoms with Crippen molar-refractivity contribution in [3.05, 3.63) is 36.0 Å². The first-order valence-electron chi connectivity index (χ1n) is 14.3. The third kappa shape index (κ3) is 7.45. The van der Waals surface area contributed by atoms with Crippen LogP contribution in [0.25, 0.3) is 10.9 Å². The highest BCUT2D eigenvalue weighted by Gasteiger charge is 2.37. The maximum absolute atomic E-state index is 13.5. The Labute approximate surface area is 243 Å². The average Bonchev–Trinajstić information content (AvgIpc) is 3.70. The van der Waals surface area contributed by atoms with Crippen molar-refractivity contribution in [3.8, 4) is 0 Å². The Hall–Kier alpha value is -4.42. The van der Waals surface area contributed by atoms with Crippen molar-refractivity contribution in [1.29, 1.82) is 0 Å². The van der Waals surface area contributed by atoms with Gasteiger partial charge >= 0.3 is 5.97 Å². The number of amides is 5. The van der Waals surface area contributed by atoms with Crippen molar-refractivity contribution >= 4 is 46.4 Å². The summed E-state index contributed by atoms with van der Waals surface area (Å²) in [6, 6.07) is 3.73. The molecule has 2 aliphatic rings. The molecule has 2 fully saturated rings. The number of hydrogen-bond donors (Lipinski definition) is 6. The molecule has 2 saturated heterocycles. The van der Waals surface area contributed by atoms with Gasteiger partial charge in [0.15, 0.2) is 0 Å². The number of para-hydroxylation sites is 1. The Morgan fingerprint density at radius 3 is 2.50 bits per heavy atom. The van der Waals surface area contributed by atoms with Crippen LogP contribution < -0.4 is 21.3 Å². The van der Waals surface area contributed by atoms with Crippen LogP contribution in [0.5, 0.6) is 0 Å². The van der Waals surface area contributed by atoms with Crippen LogP contribution in [0, 0.1) is 5.92 Å². The molecule has 226 valence electrons. The minimum Gasteiger partial charge on any atom is -0.480 e. The predicted molar refractivity (Wildman–Crippen MR) is 152 cm³/mol. The third-order valence-corrected chi connectivity index (χ3v) is 7.66. The number of carboxylic acids is 1. The van der Waals surface area contributed by atoms with E-state index in [4.69, 9.17) is 0 Å². The van der Waals surface area contributed by atoms with Gasteiger partial charge in [-0.3, -0.25) is 24.0 Å². The first kappa shape index (κ1) is 30.5. The number of fused-ring (bicyclic) bond motifs is 1. The molecule has 0 bridgehead atoms. The summed E-state index contributed by atoms with van der Waals surface area (Å²) in [4.78, 5) is 80.0. The fourth-order valence-electron chi connectivity index (χ4n) is 5.50. The lowest BCUT2D eigenvalue weighted by Crippen LogP contribution is -2.56. The summed E-state index contributed by atoms with van der Waals surface area (Å²) in [5, 5.41) is 21.0. The smallest absolute Gasteiger partial charge is 0.326 e. The van der Waals surface area contributed by atoms with Crippen molar-refractivity contribution in [2.75, 3.05) is 13.1 Å². The van der Waals surface area contributed by atoms with Crippen LogP contribution in [0.1, 0.15) is 51.5 Å². The summed E-state index contributed by atoms with van der Waals surface area (Å²) in [6.07, 6.45) is 3.60. The van der Waals surface area contributed by atoms with Crippen molar-refractivity contribution < 1.29 is 33.9 Å². The van der Waals surface area contributed by atoms with Gasteiger partial charge in [-0.1, -0.05) is 32.0 Å². The van der Waals surface area contributed by atoms with Gasteiger partial charge in [0.1, 0.15) is 24.2 Å². The molecule has 5 amide bonds. The second-order valence-electron chi connectivity index (χ2n) is 11.3. The fraction of sp³-hybridized carbons (Fsp3) is 0.517. The Bertz CT molecular complexity index is 1350. The minimum atomic E-state index is -1.17. The monoisotopic (exact) mass is 582 g/mol. The predicted octanol–water partition coefficient (Wildman–Crippen LogP) is 0.197. The Morgan fingerprint density at radius 2 is 1.81 bits per heavy atom. The molecule has 1 aromatic heterocycles. The summed E-state index contributed by atoms with van der Waals surface area (Å²) in [7, 11) is 0. The van der Waals surface area contributed by atoms with Gasteiger partial charge in [0.25, 0.3) is 0 Å². The first-order valence-corrected chi connectivity index (χ1v) is 14.3. The molecule has 4 atom stereocenters. The number of benzene rings is 1. The number of hydrogen-bond acceptors (Lipinski definition) is 6. The van der Waals surface area contributed by atoms with Gasteiger partial charge in [-0.05, 0) is 43.2 Å². The highest BCUT2D eigenvalue weighted by Crippen LogP contribution is 2.21. The number of carbonyl (C=O) groups is 6. The summed E-state index contributed by atoms with van der Waals surface area (Å²) >= 11 is 0. The Kier molecular flexibility index (Phi) is 9.81. The van der Waals surface area contributed by atoms with Crippen molar-refractivity contribution in [3.63, 3.8) is 0 Å². The fourth-order valence-corrected chi connectivity index (χ4v) is 5.50. The normalized spacial score (nSPS) is 19.8. The molecule has 2 aliphatic heterocycles. The zero-order chi connectivity index (χ0) is 30.4. The number of rotatable bonds is 12. The van der Waals surface area contributed by atoms with Gasteiger partial charge < -0.3 is 36.3 Å². The molecule has 6 N–H and O–H groups in total. The van der Waals surface area contributed by atoms with Crippen molar-refractivity contribution in [2.45, 2.75) is 76.5 Å². The quantitative estimate of drug-likeness (QED) is 0.206. The minimum absolute atomic E-state index is 0.0107. The first-order chi connectivity index (χ1) is 20.0. The Morgan fingerprint density at radius 1 is 1.05 bits per heavy atom. The zero-order valence-corrected chi connectivity index (χ0v) is 23.8. The van der Waals surface area contributed by atoms with Crippen LogP contribution in [0.3, 0.4) is 0 Å². The van der Waals surface area contributed by atoms with E-state index in [0.29, 0.717) is 25.8 Å². The molecule has 3 heterocycles. The molecule has 2 aromatic rings. The highest BCUT2D eigenvalue weighted by molar-refractivity contribution is 5.96. The molecule has 0 saturated carbocycles. The van der Waals surface area contributed by atoms with E-state index in [9.17, 15) is 33.9 Å². The molecule has 4 rings (SSSR count). The van der Waals surface area contributed by atoms with Gasteiger partial charge in [0.05, 0.1) is 6.54 Å². The summed E-state index contributed by atoms with van der Waals surface area (Å²) in [6.45, 7) is 3.68. The molecule has 0 spiro atoms. The summed E-state index contributed by atoms with van der Waals surface area (Å²) in [5.74, 6) is -3.46. The maximum atomic E-state index is 13.5. The maximum Gasteiger partial charge on any atom is 0.326 e.